The minimum Gasteiger partial charge on any atom is -0.266 e. The summed E-state index contributed by atoms with van der Waals surface area (Å²) >= 11 is 0. The van der Waals surface area contributed by atoms with Crippen molar-refractivity contribution in [2.75, 3.05) is 0 Å². The lowest BCUT2D eigenvalue weighted by molar-refractivity contribution is 0.100. The normalized spacial score (nSPS) is 8.75. The Labute approximate surface area is 69.7 Å². The summed E-state index contributed by atoms with van der Waals surface area (Å²) in [6.07, 6.45) is 1.21. The summed E-state index contributed by atoms with van der Waals surface area (Å²) in [4.78, 5) is 23.7. The lowest BCUT2D eigenvalue weighted by Crippen LogP contribution is -1.93. The summed E-state index contributed by atoms with van der Waals surface area (Å²) in [6.45, 7) is 1.86. The van der Waals surface area contributed by atoms with Crippen molar-refractivity contribution in [1.82, 2.24) is 0 Å². The number of amides is 1. The van der Waals surface area contributed by atoms with Crippen molar-refractivity contribution in [2.45, 2.75) is 6.92 Å². The quantitative estimate of drug-likeness (QED) is 0.462. The van der Waals surface area contributed by atoms with Crippen LogP contribution in [0, 0.1) is 6.92 Å². The Morgan fingerprint density at radius 2 is 2.25 bits per heavy atom. The zero-order valence-corrected chi connectivity index (χ0v) is 6.57. The van der Waals surface area contributed by atoms with Gasteiger partial charge < -0.3 is 0 Å². The first kappa shape index (κ1) is 8.37. The summed E-state index contributed by atoms with van der Waals surface area (Å²) in [7, 11) is 0. The molecule has 0 spiro atoms. The first-order valence-corrected chi connectivity index (χ1v) is 3.43. The maximum Gasteiger partial charge on any atom is 0.287 e. The van der Waals surface area contributed by atoms with E-state index in [0.29, 0.717) is 5.56 Å². The smallest absolute Gasteiger partial charge is 0.266 e. The lowest BCUT2D eigenvalue weighted by atomic mass is 10.1. The molecule has 1 amide bonds. The van der Waals surface area contributed by atoms with Gasteiger partial charge in [-0.1, -0.05) is 17.7 Å². The number of aryl methyl sites for hydroxylation is 1. The first-order valence-electron chi connectivity index (χ1n) is 3.43. The molecule has 1 rings (SSSR count). The highest BCUT2D eigenvalue weighted by molar-refractivity contribution is 5.97. The van der Waals surface area contributed by atoms with E-state index in [1.165, 1.54) is 6.08 Å². The van der Waals surface area contributed by atoms with Crippen LogP contribution in [-0.2, 0) is 4.79 Å². The molecule has 12 heavy (non-hydrogen) atoms. The second-order valence-electron chi connectivity index (χ2n) is 2.38. The summed E-state index contributed by atoms with van der Waals surface area (Å²) in [5.74, 6) is -0.548. The number of aliphatic imine (C=N–C) groups is 1. The van der Waals surface area contributed by atoms with Crippen LogP contribution in [0.1, 0.15) is 15.9 Å². The monoisotopic (exact) mass is 161 g/mol. The molecule has 0 radical (unpaired) electrons. The van der Waals surface area contributed by atoms with Crippen LogP contribution in [0.5, 0.6) is 0 Å². The summed E-state index contributed by atoms with van der Waals surface area (Å²) < 4.78 is 0. The predicted octanol–water partition coefficient (Wildman–Crippen LogP) is 1.47. The number of benzene rings is 1. The van der Waals surface area contributed by atoms with Crippen LogP contribution in [0.3, 0.4) is 0 Å². The Morgan fingerprint density at radius 3 is 2.83 bits per heavy atom. The first-order chi connectivity index (χ1) is 5.74. The van der Waals surface area contributed by atoms with E-state index in [0.717, 1.165) is 5.56 Å². The van der Waals surface area contributed by atoms with Crippen LogP contribution in [-0.4, -0.2) is 12.0 Å². The van der Waals surface area contributed by atoms with Gasteiger partial charge in [0, 0.05) is 5.56 Å². The van der Waals surface area contributed by atoms with Gasteiger partial charge in [-0.3, -0.25) is 4.79 Å². The molecule has 1 aromatic rings. The van der Waals surface area contributed by atoms with Crippen LogP contribution in [0.25, 0.3) is 0 Å². The number of carbonyl (C=O) groups excluding carboxylic acids is 2. The van der Waals surface area contributed by atoms with Crippen molar-refractivity contribution in [3.63, 3.8) is 0 Å². The van der Waals surface area contributed by atoms with Gasteiger partial charge in [0.25, 0.3) is 5.91 Å². The highest BCUT2D eigenvalue weighted by Crippen LogP contribution is 2.04. The second-order valence-corrected chi connectivity index (χ2v) is 2.38. The van der Waals surface area contributed by atoms with Gasteiger partial charge in [0.15, 0.2) is 0 Å². The van der Waals surface area contributed by atoms with Gasteiger partial charge in [0.1, 0.15) is 0 Å². The largest absolute Gasteiger partial charge is 0.287 e. The van der Waals surface area contributed by atoms with Crippen molar-refractivity contribution >= 4 is 12.0 Å². The third-order valence-electron chi connectivity index (χ3n) is 1.41. The number of hydrogen-bond acceptors (Lipinski definition) is 2. The van der Waals surface area contributed by atoms with Gasteiger partial charge in [0.2, 0.25) is 6.08 Å². The van der Waals surface area contributed by atoms with E-state index in [9.17, 15) is 9.59 Å². The Kier molecular flexibility index (Phi) is 2.51. The molecule has 0 aromatic heterocycles. The Bertz CT molecular complexity index is 351. The fraction of sp³-hybridized carbons (Fsp3) is 0.111. The highest BCUT2D eigenvalue weighted by Gasteiger charge is 2.01. The Hall–Kier alpha value is -1.73. The van der Waals surface area contributed by atoms with Crippen LogP contribution in [0.2, 0.25) is 0 Å². The molecule has 0 aliphatic rings. The van der Waals surface area contributed by atoms with Crippen LogP contribution in [0.15, 0.2) is 29.3 Å². The van der Waals surface area contributed by atoms with Gasteiger partial charge >= 0.3 is 0 Å². The molecule has 0 bridgehead atoms. The molecule has 0 aliphatic heterocycles. The van der Waals surface area contributed by atoms with E-state index in [-0.39, 0.29) is 0 Å². The van der Waals surface area contributed by atoms with E-state index in [4.69, 9.17) is 0 Å². The summed E-state index contributed by atoms with van der Waals surface area (Å²) in [5.41, 5.74) is 1.38. The zero-order valence-electron chi connectivity index (χ0n) is 6.57. The van der Waals surface area contributed by atoms with Gasteiger partial charge in [0.05, 0.1) is 0 Å². The van der Waals surface area contributed by atoms with E-state index in [1.54, 1.807) is 18.2 Å². The van der Waals surface area contributed by atoms with Crippen LogP contribution in [0.4, 0.5) is 0 Å². The fourth-order valence-corrected chi connectivity index (χ4v) is 0.884. The van der Waals surface area contributed by atoms with Crippen molar-refractivity contribution in [2.24, 2.45) is 4.99 Å². The zero-order chi connectivity index (χ0) is 8.97. The summed E-state index contributed by atoms with van der Waals surface area (Å²) in [6, 6.07) is 6.88. The number of isocyanates is 1. The minimum atomic E-state index is -0.548. The van der Waals surface area contributed by atoms with Crippen molar-refractivity contribution in [3.05, 3.63) is 35.4 Å². The van der Waals surface area contributed by atoms with E-state index in [1.807, 2.05) is 13.0 Å². The molecule has 0 fully saturated rings. The molecule has 3 nitrogen and oxygen atoms in total. The van der Waals surface area contributed by atoms with Crippen molar-refractivity contribution in [1.29, 1.82) is 0 Å². The van der Waals surface area contributed by atoms with Gasteiger partial charge in [-0.25, -0.2) is 4.79 Å². The molecule has 0 N–H and O–H groups in total. The van der Waals surface area contributed by atoms with Gasteiger partial charge in [-0.2, -0.15) is 0 Å². The van der Waals surface area contributed by atoms with Crippen LogP contribution < -0.4 is 0 Å². The molecule has 0 unspecified atom stereocenters. The topological polar surface area (TPSA) is 46.5 Å². The van der Waals surface area contributed by atoms with Gasteiger partial charge in [-0.05, 0) is 19.1 Å². The summed E-state index contributed by atoms with van der Waals surface area (Å²) in [5, 5.41) is 0. The highest BCUT2D eigenvalue weighted by atomic mass is 16.2. The maximum absolute atomic E-state index is 11.0. The Balaban J connectivity index is 3.03. The second kappa shape index (κ2) is 3.60. The average molecular weight is 161 g/mol. The molecule has 3 heteroatoms. The van der Waals surface area contributed by atoms with Crippen molar-refractivity contribution in [3.8, 4) is 0 Å². The molecule has 0 saturated carbocycles. The third kappa shape index (κ3) is 1.87. The molecular formula is C9H7NO2. The Morgan fingerprint density at radius 1 is 1.50 bits per heavy atom. The molecular weight excluding hydrogens is 154 g/mol. The molecule has 0 saturated heterocycles. The fourth-order valence-electron chi connectivity index (χ4n) is 0.884. The number of carbonyl (C=O) groups is 1. The number of nitrogens with zero attached hydrogens (tertiary/aromatic N) is 1. The van der Waals surface area contributed by atoms with E-state index >= 15 is 0 Å². The molecule has 0 aliphatic carbocycles. The molecule has 60 valence electrons. The lowest BCUT2D eigenvalue weighted by Gasteiger charge is -1.94. The molecule has 0 atom stereocenters. The van der Waals surface area contributed by atoms with E-state index in [2.05, 4.69) is 4.99 Å². The third-order valence-corrected chi connectivity index (χ3v) is 1.41. The standard InChI is InChI=1S/C9H7NO2/c1-7-3-2-4-8(5-7)9(12)10-6-11/h2-5H,1H3. The number of rotatable bonds is 1. The van der Waals surface area contributed by atoms with Crippen molar-refractivity contribution < 1.29 is 9.59 Å². The average Bonchev–Trinajstić information content (AvgIpc) is 2.05. The van der Waals surface area contributed by atoms with Gasteiger partial charge in [-0.15, -0.1) is 4.99 Å². The predicted molar refractivity (Wildman–Crippen MR) is 43.6 cm³/mol. The molecule has 1 aromatic carbocycles. The SMILES string of the molecule is Cc1cccc(C(=O)N=C=O)c1. The number of hydrogen-bond donors (Lipinski definition) is 0. The molecule has 0 heterocycles. The van der Waals surface area contributed by atoms with E-state index < -0.39 is 5.91 Å². The van der Waals surface area contributed by atoms with Crippen LogP contribution >= 0.6 is 0 Å². The minimum absolute atomic E-state index is 0.415. The maximum atomic E-state index is 11.0.